The second-order valence-electron chi connectivity index (χ2n) is 5.16. The summed E-state index contributed by atoms with van der Waals surface area (Å²) in [5.41, 5.74) is 1.16. The molecule has 3 rings (SSSR count). The summed E-state index contributed by atoms with van der Waals surface area (Å²) in [6.07, 6.45) is 3.11. The number of benzene rings is 2. The van der Waals surface area contributed by atoms with Crippen molar-refractivity contribution in [3.8, 4) is 5.69 Å². The average molecular weight is 366 g/mol. The molecule has 0 spiro atoms. The van der Waals surface area contributed by atoms with Crippen molar-refractivity contribution < 1.29 is 12.8 Å². The SMILES string of the molecule is Cc1ccc(S(=O)(=O)Nc2ccc(-n3cccn3)c(F)c2)c(Cl)c1. The molecule has 0 bridgehead atoms. The maximum Gasteiger partial charge on any atom is 0.263 e. The lowest BCUT2D eigenvalue weighted by Crippen LogP contribution is -2.14. The van der Waals surface area contributed by atoms with E-state index in [1.165, 1.54) is 29.1 Å². The van der Waals surface area contributed by atoms with Crippen LogP contribution in [0.1, 0.15) is 5.56 Å². The standard InChI is InChI=1S/C16H13ClFN3O2S/c1-11-3-6-16(13(17)9-11)24(22,23)20-12-4-5-15(14(18)10-12)21-8-2-7-19-21/h2-10,20H,1H3. The number of sulfonamides is 1. The molecule has 24 heavy (non-hydrogen) atoms. The van der Waals surface area contributed by atoms with E-state index in [0.717, 1.165) is 11.6 Å². The zero-order valence-corrected chi connectivity index (χ0v) is 14.1. The van der Waals surface area contributed by atoms with Crippen molar-refractivity contribution in [2.24, 2.45) is 0 Å². The number of halogens is 2. The maximum absolute atomic E-state index is 14.2. The van der Waals surface area contributed by atoms with Crippen LogP contribution in [0.4, 0.5) is 10.1 Å². The van der Waals surface area contributed by atoms with Crippen molar-refractivity contribution in [1.29, 1.82) is 0 Å². The quantitative estimate of drug-likeness (QED) is 0.765. The molecule has 0 aliphatic heterocycles. The van der Waals surface area contributed by atoms with Crippen molar-refractivity contribution >= 4 is 27.3 Å². The Morgan fingerprint density at radius 3 is 2.62 bits per heavy atom. The molecule has 0 unspecified atom stereocenters. The summed E-state index contributed by atoms with van der Waals surface area (Å²) in [4.78, 5) is -0.0636. The fourth-order valence-electron chi connectivity index (χ4n) is 2.20. The number of rotatable bonds is 4. The Hall–Kier alpha value is -2.38. The smallest absolute Gasteiger partial charge is 0.263 e. The van der Waals surface area contributed by atoms with Gasteiger partial charge in [0.25, 0.3) is 10.0 Å². The van der Waals surface area contributed by atoms with Crippen LogP contribution in [0.15, 0.2) is 59.8 Å². The van der Waals surface area contributed by atoms with Crippen molar-refractivity contribution in [1.82, 2.24) is 9.78 Å². The lowest BCUT2D eigenvalue weighted by atomic mass is 10.2. The van der Waals surface area contributed by atoms with Gasteiger partial charge in [0.05, 0.1) is 10.7 Å². The summed E-state index contributed by atoms with van der Waals surface area (Å²) in [5, 5.41) is 4.05. The van der Waals surface area contributed by atoms with Gasteiger partial charge in [0.15, 0.2) is 5.82 Å². The van der Waals surface area contributed by atoms with Crippen molar-refractivity contribution in [3.63, 3.8) is 0 Å². The van der Waals surface area contributed by atoms with Crippen LogP contribution in [0, 0.1) is 12.7 Å². The zero-order valence-electron chi connectivity index (χ0n) is 12.6. The number of hydrogen-bond acceptors (Lipinski definition) is 3. The van der Waals surface area contributed by atoms with E-state index in [-0.39, 0.29) is 21.3 Å². The van der Waals surface area contributed by atoms with Gasteiger partial charge in [-0.15, -0.1) is 0 Å². The minimum Gasteiger partial charge on any atom is -0.279 e. The molecule has 1 N–H and O–H groups in total. The largest absolute Gasteiger partial charge is 0.279 e. The van der Waals surface area contributed by atoms with Crippen LogP contribution >= 0.6 is 11.6 Å². The van der Waals surface area contributed by atoms with Gasteiger partial charge in [-0.1, -0.05) is 17.7 Å². The summed E-state index contributed by atoms with van der Waals surface area (Å²) in [7, 11) is -3.92. The number of nitrogens with zero attached hydrogens (tertiary/aromatic N) is 2. The van der Waals surface area contributed by atoms with E-state index < -0.39 is 15.8 Å². The zero-order chi connectivity index (χ0) is 17.3. The molecule has 3 aromatic rings. The van der Waals surface area contributed by atoms with Crippen LogP contribution in [0.25, 0.3) is 5.69 Å². The molecule has 0 radical (unpaired) electrons. The Kier molecular flexibility index (Phi) is 4.29. The highest BCUT2D eigenvalue weighted by molar-refractivity contribution is 7.92. The van der Waals surface area contributed by atoms with Crippen LogP contribution in [-0.4, -0.2) is 18.2 Å². The molecule has 1 aromatic heterocycles. The molecule has 0 aliphatic carbocycles. The predicted molar refractivity (Wildman–Crippen MR) is 90.5 cm³/mol. The van der Waals surface area contributed by atoms with Crippen LogP contribution < -0.4 is 4.72 Å². The molecular weight excluding hydrogens is 353 g/mol. The Bertz CT molecular complexity index is 989. The van der Waals surface area contributed by atoms with Crippen LogP contribution in [0.5, 0.6) is 0 Å². The normalized spacial score (nSPS) is 11.5. The third-order valence-corrected chi connectivity index (χ3v) is 5.19. The van der Waals surface area contributed by atoms with E-state index in [1.807, 2.05) is 0 Å². The van der Waals surface area contributed by atoms with Crippen LogP contribution in [0.3, 0.4) is 0 Å². The number of hydrogen-bond donors (Lipinski definition) is 1. The Labute approximate surface area is 143 Å². The van der Waals surface area contributed by atoms with E-state index in [0.29, 0.717) is 0 Å². The van der Waals surface area contributed by atoms with Gasteiger partial charge in [0, 0.05) is 18.5 Å². The molecule has 0 aliphatic rings. The lowest BCUT2D eigenvalue weighted by Gasteiger charge is -2.11. The van der Waals surface area contributed by atoms with E-state index in [4.69, 9.17) is 11.6 Å². The van der Waals surface area contributed by atoms with Gasteiger partial charge in [-0.25, -0.2) is 17.5 Å². The van der Waals surface area contributed by atoms with Gasteiger partial charge < -0.3 is 0 Å². The topological polar surface area (TPSA) is 64.0 Å². The van der Waals surface area contributed by atoms with Crippen molar-refractivity contribution in [3.05, 3.63) is 71.3 Å². The Morgan fingerprint density at radius 2 is 2.00 bits per heavy atom. The van der Waals surface area contributed by atoms with Gasteiger partial charge in [-0.05, 0) is 42.8 Å². The van der Waals surface area contributed by atoms with Gasteiger partial charge in [-0.2, -0.15) is 5.10 Å². The highest BCUT2D eigenvalue weighted by Gasteiger charge is 2.19. The fraction of sp³-hybridized carbons (Fsp3) is 0.0625. The monoisotopic (exact) mass is 365 g/mol. The molecule has 0 atom stereocenters. The molecule has 1 heterocycles. The van der Waals surface area contributed by atoms with Crippen molar-refractivity contribution in [2.75, 3.05) is 4.72 Å². The number of aromatic nitrogens is 2. The van der Waals surface area contributed by atoms with Crippen LogP contribution in [0.2, 0.25) is 5.02 Å². The first-order valence-electron chi connectivity index (χ1n) is 6.95. The lowest BCUT2D eigenvalue weighted by molar-refractivity contribution is 0.600. The highest BCUT2D eigenvalue weighted by Crippen LogP contribution is 2.26. The number of nitrogens with one attached hydrogen (secondary N) is 1. The Morgan fingerprint density at radius 1 is 1.21 bits per heavy atom. The average Bonchev–Trinajstić information content (AvgIpc) is 3.00. The number of anilines is 1. The van der Waals surface area contributed by atoms with E-state index in [2.05, 4.69) is 9.82 Å². The molecule has 8 heteroatoms. The third-order valence-electron chi connectivity index (χ3n) is 3.33. The molecule has 0 saturated carbocycles. The summed E-state index contributed by atoms with van der Waals surface area (Å²) in [5.74, 6) is -0.603. The highest BCUT2D eigenvalue weighted by atomic mass is 35.5. The second kappa shape index (κ2) is 6.26. The fourth-order valence-corrected chi connectivity index (χ4v) is 3.85. The third kappa shape index (κ3) is 3.27. The van der Waals surface area contributed by atoms with Crippen molar-refractivity contribution in [2.45, 2.75) is 11.8 Å². The van der Waals surface area contributed by atoms with Crippen LogP contribution in [-0.2, 0) is 10.0 Å². The maximum atomic E-state index is 14.2. The number of aryl methyl sites for hydroxylation is 1. The van der Waals surface area contributed by atoms with Gasteiger partial charge in [-0.3, -0.25) is 4.72 Å². The van der Waals surface area contributed by atoms with E-state index >= 15 is 0 Å². The van der Waals surface area contributed by atoms with E-state index in [9.17, 15) is 12.8 Å². The van der Waals surface area contributed by atoms with Gasteiger partial charge >= 0.3 is 0 Å². The molecule has 0 fully saturated rings. The molecule has 5 nitrogen and oxygen atoms in total. The molecule has 0 saturated heterocycles. The summed E-state index contributed by atoms with van der Waals surface area (Å²) >= 11 is 6.00. The molecule has 0 amide bonds. The second-order valence-corrected chi connectivity index (χ2v) is 7.21. The predicted octanol–water partition coefficient (Wildman–Crippen LogP) is 3.77. The summed E-state index contributed by atoms with van der Waals surface area (Å²) in [6, 6.07) is 10.3. The molecule has 2 aromatic carbocycles. The molecule has 124 valence electrons. The van der Waals surface area contributed by atoms with Gasteiger partial charge in [0.2, 0.25) is 0 Å². The first-order chi connectivity index (χ1) is 11.4. The summed E-state index contributed by atoms with van der Waals surface area (Å²) in [6.45, 7) is 1.80. The molecular formula is C16H13ClFN3O2S. The first-order valence-corrected chi connectivity index (χ1v) is 8.81. The minimum atomic E-state index is -3.92. The Balaban J connectivity index is 1.92. The summed E-state index contributed by atoms with van der Waals surface area (Å²) < 4.78 is 42.7. The minimum absolute atomic E-state index is 0.0636. The van der Waals surface area contributed by atoms with Gasteiger partial charge in [0.1, 0.15) is 10.6 Å². The van der Waals surface area contributed by atoms with E-state index in [1.54, 1.807) is 31.3 Å². The first kappa shape index (κ1) is 16.5.